The largest absolute Gasteiger partial charge is 0.481 e. The van der Waals surface area contributed by atoms with Crippen LogP contribution in [0.2, 0.25) is 0 Å². The number of carbonyl (C=O) groups is 1. The van der Waals surface area contributed by atoms with E-state index in [1.807, 2.05) is 26.0 Å². The van der Waals surface area contributed by atoms with Gasteiger partial charge in [-0.3, -0.25) is 4.79 Å². The molecule has 15 heavy (non-hydrogen) atoms. The number of benzene rings is 1. The van der Waals surface area contributed by atoms with E-state index in [2.05, 4.69) is 6.07 Å². The minimum Gasteiger partial charge on any atom is -0.481 e. The standard InChI is InChI=1S/C12H17NO2/c1-8-3-4-9(2)10(5-8)6-11(13)7-12(14)15/h3-5,11H,6-7,13H2,1-2H3,(H,14,15). The van der Waals surface area contributed by atoms with Crippen molar-refractivity contribution in [3.8, 4) is 0 Å². The van der Waals surface area contributed by atoms with Crippen LogP contribution in [-0.4, -0.2) is 17.1 Å². The Hall–Kier alpha value is -1.35. The Labute approximate surface area is 89.9 Å². The molecule has 0 aliphatic rings. The quantitative estimate of drug-likeness (QED) is 0.789. The topological polar surface area (TPSA) is 63.3 Å². The number of hydrogen-bond donors (Lipinski definition) is 2. The molecule has 0 bridgehead atoms. The number of carboxylic acids is 1. The number of carboxylic acid groups (broad SMARTS) is 1. The van der Waals surface area contributed by atoms with Gasteiger partial charge in [-0.25, -0.2) is 0 Å². The van der Waals surface area contributed by atoms with Crippen LogP contribution in [0.1, 0.15) is 23.1 Å². The van der Waals surface area contributed by atoms with E-state index in [1.165, 1.54) is 11.1 Å². The second-order valence-corrected chi connectivity index (χ2v) is 3.99. The summed E-state index contributed by atoms with van der Waals surface area (Å²) in [5.41, 5.74) is 9.23. The maximum absolute atomic E-state index is 10.5. The average Bonchev–Trinajstić information content (AvgIpc) is 2.10. The number of aryl methyl sites for hydroxylation is 2. The monoisotopic (exact) mass is 207 g/mol. The van der Waals surface area contributed by atoms with Crippen molar-refractivity contribution in [2.45, 2.75) is 32.7 Å². The molecule has 1 atom stereocenters. The van der Waals surface area contributed by atoms with Crippen molar-refractivity contribution in [3.63, 3.8) is 0 Å². The van der Waals surface area contributed by atoms with Gasteiger partial charge in [-0.15, -0.1) is 0 Å². The van der Waals surface area contributed by atoms with Gasteiger partial charge in [-0.05, 0) is 31.4 Å². The van der Waals surface area contributed by atoms with E-state index in [0.717, 1.165) is 5.56 Å². The fraction of sp³-hybridized carbons (Fsp3) is 0.417. The van der Waals surface area contributed by atoms with Crippen LogP contribution in [0.3, 0.4) is 0 Å². The van der Waals surface area contributed by atoms with Crippen molar-refractivity contribution in [3.05, 3.63) is 34.9 Å². The Kier molecular flexibility index (Phi) is 3.86. The summed E-state index contributed by atoms with van der Waals surface area (Å²) in [6.45, 7) is 4.04. The highest BCUT2D eigenvalue weighted by atomic mass is 16.4. The first kappa shape index (κ1) is 11.7. The molecule has 0 saturated heterocycles. The highest BCUT2D eigenvalue weighted by molar-refractivity contribution is 5.67. The molecule has 82 valence electrons. The average molecular weight is 207 g/mol. The molecule has 0 spiro atoms. The Morgan fingerprint density at radius 1 is 1.47 bits per heavy atom. The van der Waals surface area contributed by atoms with Crippen LogP contribution >= 0.6 is 0 Å². The lowest BCUT2D eigenvalue weighted by Gasteiger charge is -2.11. The third-order valence-corrected chi connectivity index (χ3v) is 2.42. The van der Waals surface area contributed by atoms with Crippen molar-refractivity contribution in [1.82, 2.24) is 0 Å². The number of nitrogens with two attached hydrogens (primary N) is 1. The molecule has 1 rings (SSSR count). The number of rotatable bonds is 4. The highest BCUT2D eigenvalue weighted by Crippen LogP contribution is 2.13. The molecular formula is C12H17NO2. The maximum Gasteiger partial charge on any atom is 0.304 e. The number of aliphatic carboxylic acids is 1. The Morgan fingerprint density at radius 2 is 2.13 bits per heavy atom. The predicted molar refractivity (Wildman–Crippen MR) is 59.8 cm³/mol. The molecule has 0 aliphatic heterocycles. The molecule has 0 saturated carbocycles. The fourth-order valence-electron chi connectivity index (χ4n) is 1.60. The zero-order valence-corrected chi connectivity index (χ0v) is 9.16. The maximum atomic E-state index is 10.5. The minimum absolute atomic E-state index is 0.0212. The summed E-state index contributed by atoms with van der Waals surface area (Å²) in [6, 6.07) is 5.85. The van der Waals surface area contributed by atoms with Crippen molar-refractivity contribution < 1.29 is 9.90 Å². The molecule has 3 N–H and O–H groups in total. The second-order valence-electron chi connectivity index (χ2n) is 3.99. The zero-order valence-electron chi connectivity index (χ0n) is 9.16. The van der Waals surface area contributed by atoms with Crippen LogP contribution in [-0.2, 0) is 11.2 Å². The van der Waals surface area contributed by atoms with Gasteiger partial charge in [0.2, 0.25) is 0 Å². The molecule has 0 fully saturated rings. The SMILES string of the molecule is Cc1ccc(C)c(CC(N)CC(=O)O)c1. The van der Waals surface area contributed by atoms with Crippen molar-refractivity contribution in [1.29, 1.82) is 0 Å². The summed E-state index contributed by atoms with van der Waals surface area (Å²) in [5, 5.41) is 8.61. The molecule has 0 aliphatic carbocycles. The summed E-state index contributed by atoms with van der Waals surface area (Å²) >= 11 is 0. The molecule has 0 amide bonds. The zero-order chi connectivity index (χ0) is 11.4. The second kappa shape index (κ2) is 4.94. The third-order valence-electron chi connectivity index (χ3n) is 2.42. The molecule has 3 nitrogen and oxygen atoms in total. The Bertz CT molecular complexity index is 361. The van der Waals surface area contributed by atoms with E-state index in [0.29, 0.717) is 6.42 Å². The summed E-state index contributed by atoms with van der Waals surface area (Å²) in [4.78, 5) is 10.5. The van der Waals surface area contributed by atoms with E-state index in [9.17, 15) is 4.79 Å². The smallest absolute Gasteiger partial charge is 0.304 e. The molecule has 0 radical (unpaired) electrons. The normalized spacial score (nSPS) is 12.5. The van der Waals surface area contributed by atoms with Crippen LogP contribution in [0.25, 0.3) is 0 Å². The van der Waals surface area contributed by atoms with Crippen molar-refractivity contribution in [2.75, 3.05) is 0 Å². The van der Waals surface area contributed by atoms with Gasteiger partial charge in [0.15, 0.2) is 0 Å². The summed E-state index contributed by atoms with van der Waals surface area (Å²) < 4.78 is 0. The van der Waals surface area contributed by atoms with E-state index in [4.69, 9.17) is 10.8 Å². The van der Waals surface area contributed by atoms with Crippen LogP contribution in [0.5, 0.6) is 0 Å². The lowest BCUT2D eigenvalue weighted by Crippen LogP contribution is -2.26. The van der Waals surface area contributed by atoms with Crippen molar-refractivity contribution >= 4 is 5.97 Å². The van der Waals surface area contributed by atoms with Gasteiger partial charge in [0.1, 0.15) is 0 Å². The van der Waals surface area contributed by atoms with Gasteiger partial charge in [0, 0.05) is 6.04 Å². The van der Waals surface area contributed by atoms with E-state index >= 15 is 0 Å². The van der Waals surface area contributed by atoms with Crippen molar-refractivity contribution in [2.24, 2.45) is 5.73 Å². The molecule has 0 heterocycles. The van der Waals surface area contributed by atoms with Crippen LogP contribution in [0.15, 0.2) is 18.2 Å². The van der Waals surface area contributed by atoms with Crippen LogP contribution in [0.4, 0.5) is 0 Å². The molecule has 1 unspecified atom stereocenters. The van der Waals surface area contributed by atoms with Gasteiger partial charge in [-0.1, -0.05) is 23.8 Å². The first-order valence-electron chi connectivity index (χ1n) is 5.02. The first-order chi connectivity index (χ1) is 6.99. The van der Waals surface area contributed by atoms with Crippen LogP contribution < -0.4 is 5.73 Å². The summed E-state index contributed by atoms with van der Waals surface area (Å²) in [5.74, 6) is -0.840. The van der Waals surface area contributed by atoms with E-state index in [-0.39, 0.29) is 12.5 Å². The van der Waals surface area contributed by atoms with Gasteiger partial charge in [0.05, 0.1) is 6.42 Å². The fourth-order valence-corrected chi connectivity index (χ4v) is 1.60. The molecule has 1 aromatic rings. The molecule has 0 aromatic heterocycles. The third kappa shape index (κ3) is 3.72. The van der Waals surface area contributed by atoms with Gasteiger partial charge < -0.3 is 10.8 Å². The molecule has 1 aromatic carbocycles. The number of hydrogen-bond acceptors (Lipinski definition) is 2. The highest BCUT2D eigenvalue weighted by Gasteiger charge is 2.10. The Morgan fingerprint density at radius 3 is 2.73 bits per heavy atom. The van der Waals surface area contributed by atoms with Gasteiger partial charge in [0.25, 0.3) is 0 Å². The first-order valence-corrected chi connectivity index (χ1v) is 5.02. The van der Waals surface area contributed by atoms with Gasteiger partial charge >= 0.3 is 5.97 Å². The lowest BCUT2D eigenvalue weighted by molar-refractivity contribution is -0.137. The Balaban J connectivity index is 2.71. The molecular weight excluding hydrogens is 190 g/mol. The minimum atomic E-state index is -0.840. The predicted octanol–water partition coefficient (Wildman–Crippen LogP) is 1.65. The van der Waals surface area contributed by atoms with E-state index < -0.39 is 5.97 Å². The summed E-state index contributed by atoms with van der Waals surface area (Å²) in [6.07, 6.45) is 0.646. The van der Waals surface area contributed by atoms with Gasteiger partial charge in [-0.2, -0.15) is 0 Å². The van der Waals surface area contributed by atoms with Crippen LogP contribution in [0, 0.1) is 13.8 Å². The summed E-state index contributed by atoms with van der Waals surface area (Å²) in [7, 11) is 0. The lowest BCUT2D eigenvalue weighted by atomic mass is 9.98. The molecule has 3 heteroatoms. The van der Waals surface area contributed by atoms with E-state index in [1.54, 1.807) is 0 Å².